The first-order valence-electron chi connectivity index (χ1n) is 2.90. The molecule has 0 aliphatic carbocycles. The molecule has 0 atom stereocenters. The molecule has 0 fully saturated rings. The second-order valence-corrected chi connectivity index (χ2v) is 1.78. The standard InChI is InChI=1S/C7H7FN2/c1-2-3-4-10-6-7(8)5-9-10/h5-6H,4H2,1H3. The van der Waals surface area contributed by atoms with Crippen LogP contribution in [0.5, 0.6) is 0 Å². The third kappa shape index (κ3) is 1.59. The zero-order valence-electron chi connectivity index (χ0n) is 5.63. The van der Waals surface area contributed by atoms with Crippen LogP contribution in [-0.4, -0.2) is 9.78 Å². The maximum Gasteiger partial charge on any atom is 0.161 e. The van der Waals surface area contributed by atoms with Crippen LogP contribution in [0.1, 0.15) is 6.92 Å². The van der Waals surface area contributed by atoms with E-state index in [1.807, 2.05) is 0 Å². The molecule has 0 aromatic carbocycles. The van der Waals surface area contributed by atoms with Gasteiger partial charge < -0.3 is 0 Å². The molecule has 1 heterocycles. The van der Waals surface area contributed by atoms with E-state index in [1.165, 1.54) is 10.9 Å². The van der Waals surface area contributed by atoms with E-state index in [-0.39, 0.29) is 5.82 Å². The predicted molar refractivity (Wildman–Crippen MR) is 35.6 cm³/mol. The van der Waals surface area contributed by atoms with E-state index in [4.69, 9.17) is 0 Å². The molecule has 0 aliphatic rings. The first-order chi connectivity index (χ1) is 4.83. The lowest BCUT2D eigenvalue weighted by Crippen LogP contribution is -1.94. The number of nitrogens with zero attached hydrogens (tertiary/aromatic N) is 2. The monoisotopic (exact) mass is 138 g/mol. The van der Waals surface area contributed by atoms with Gasteiger partial charge in [0.2, 0.25) is 0 Å². The Bertz CT molecular complexity index is 267. The molecule has 0 aliphatic heterocycles. The zero-order chi connectivity index (χ0) is 7.40. The molecule has 0 saturated heterocycles. The van der Waals surface area contributed by atoms with Gasteiger partial charge >= 0.3 is 0 Å². The lowest BCUT2D eigenvalue weighted by molar-refractivity contribution is 0.622. The molecule has 0 bridgehead atoms. The summed E-state index contributed by atoms with van der Waals surface area (Å²) in [4.78, 5) is 0. The Morgan fingerprint density at radius 1 is 1.80 bits per heavy atom. The van der Waals surface area contributed by atoms with Gasteiger partial charge in [-0.05, 0) is 6.92 Å². The van der Waals surface area contributed by atoms with E-state index in [0.717, 1.165) is 6.20 Å². The Morgan fingerprint density at radius 2 is 2.60 bits per heavy atom. The van der Waals surface area contributed by atoms with Crippen LogP contribution >= 0.6 is 0 Å². The lowest BCUT2D eigenvalue weighted by Gasteiger charge is -1.88. The first kappa shape index (κ1) is 6.81. The zero-order valence-corrected chi connectivity index (χ0v) is 5.63. The van der Waals surface area contributed by atoms with Crippen molar-refractivity contribution in [1.82, 2.24) is 9.78 Å². The van der Waals surface area contributed by atoms with Gasteiger partial charge in [-0.25, -0.2) is 4.39 Å². The van der Waals surface area contributed by atoms with Gasteiger partial charge in [-0.15, -0.1) is 5.92 Å². The molecule has 10 heavy (non-hydrogen) atoms. The minimum atomic E-state index is -0.321. The average molecular weight is 138 g/mol. The van der Waals surface area contributed by atoms with E-state index < -0.39 is 0 Å². The average Bonchev–Trinajstić information content (AvgIpc) is 2.31. The number of hydrogen-bond donors (Lipinski definition) is 0. The molecule has 52 valence electrons. The summed E-state index contributed by atoms with van der Waals surface area (Å²) in [6, 6.07) is 0. The van der Waals surface area contributed by atoms with Crippen molar-refractivity contribution >= 4 is 0 Å². The van der Waals surface area contributed by atoms with Gasteiger partial charge in [0.1, 0.15) is 6.54 Å². The fourth-order valence-electron chi connectivity index (χ4n) is 0.585. The molecule has 2 nitrogen and oxygen atoms in total. The number of aromatic nitrogens is 2. The summed E-state index contributed by atoms with van der Waals surface area (Å²) in [6.07, 6.45) is 2.47. The van der Waals surface area contributed by atoms with E-state index in [2.05, 4.69) is 16.9 Å². The van der Waals surface area contributed by atoms with Crippen molar-refractivity contribution in [3.05, 3.63) is 18.2 Å². The van der Waals surface area contributed by atoms with E-state index in [0.29, 0.717) is 6.54 Å². The smallest absolute Gasteiger partial charge is 0.161 e. The number of rotatable bonds is 1. The highest BCUT2D eigenvalue weighted by Gasteiger charge is 1.91. The quantitative estimate of drug-likeness (QED) is 0.530. The Hall–Kier alpha value is -1.30. The minimum absolute atomic E-state index is 0.321. The van der Waals surface area contributed by atoms with Crippen molar-refractivity contribution in [3.8, 4) is 11.8 Å². The highest BCUT2D eigenvalue weighted by molar-refractivity contribution is 4.96. The SMILES string of the molecule is CC#CCn1cc(F)cn1. The van der Waals surface area contributed by atoms with E-state index >= 15 is 0 Å². The molecule has 1 rings (SSSR count). The molecule has 0 spiro atoms. The van der Waals surface area contributed by atoms with Crippen LogP contribution in [0.25, 0.3) is 0 Å². The first-order valence-corrected chi connectivity index (χ1v) is 2.90. The van der Waals surface area contributed by atoms with Gasteiger partial charge in [0.05, 0.1) is 12.4 Å². The molecule has 0 amide bonds. The van der Waals surface area contributed by atoms with Crippen LogP contribution in [0.2, 0.25) is 0 Å². The minimum Gasteiger partial charge on any atom is -0.258 e. The number of hydrogen-bond acceptors (Lipinski definition) is 1. The van der Waals surface area contributed by atoms with Crippen molar-refractivity contribution in [2.45, 2.75) is 13.5 Å². The molecular formula is C7H7FN2. The Labute approximate surface area is 58.7 Å². The van der Waals surface area contributed by atoms with Crippen LogP contribution in [-0.2, 0) is 6.54 Å². The normalized spacial score (nSPS) is 8.60. The highest BCUT2D eigenvalue weighted by Crippen LogP contribution is 1.91. The van der Waals surface area contributed by atoms with Gasteiger partial charge in [-0.2, -0.15) is 5.10 Å². The van der Waals surface area contributed by atoms with Gasteiger partial charge in [0.25, 0.3) is 0 Å². The topological polar surface area (TPSA) is 17.8 Å². The molecular weight excluding hydrogens is 131 g/mol. The summed E-state index contributed by atoms with van der Waals surface area (Å²) in [5, 5.41) is 3.69. The molecule has 1 aromatic rings. The van der Waals surface area contributed by atoms with Gasteiger partial charge in [-0.1, -0.05) is 5.92 Å². The second kappa shape index (κ2) is 3.02. The maximum atomic E-state index is 12.2. The summed E-state index contributed by atoms with van der Waals surface area (Å²) in [6.45, 7) is 2.19. The van der Waals surface area contributed by atoms with Crippen LogP contribution in [0.4, 0.5) is 4.39 Å². The Morgan fingerprint density at radius 3 is 3.10 bits per heavy atom. The molecule has 1 aromatic heterocycles. The fraction of sp³-hybridized carbons (Fsp3) is 0.286. The van der Waals surface area contributed by atoms with Crippen LogP contribution in [0.15, 0.2) is 12.4 Å². The summed E-state index contributed by atoms with van der Waals surface area (Å²) in [7, 11) is 0. The van der Waals surface area contributed by atoms with Crippen LogP contribution in [0.3, 0.4) is 0 Å². The predicted octanol–water partition coefficient (Wildman–Crippen LogP) is 1.05. The van der Waals surface area contributed by atoms with Gasteiger partial charge in [0.15, 0.2) is 5.82 Å². The molecule has 0 saturated carbocycles. The van der Waals surface area contributed by atoms with Crippen LogP contribution < -0.4 is 0 Å². The highest BCUT2D eigenvalue weighted by atomic mass is 19.1. The fourth-order valence-corrected chi connectivity index (χ4v) is 0.585. The molecule has 0 radical (unpaired) electrons. The van der Waals surface area contributed by atoms with Gasteiger partial charge in [-0.3, -0.25) is 4.68 Å². The summed E-state index contributed by atoms with van der Waals surface area (Å²) >= 11 is 0. The van der Waals surface area contributed by atoms with Gasteiger partial charge in [0, 0.05) is 0 Å². The summed E-state index contributed by atoms with van der Waals surface area (Å²) in [5.74, 6) is 5.13. The molecule has 0 unspecified atom stereocenters. The maximum absolute atomic E-state index is 12.2. The van der Waals surface area contributed by atoms with Crippen molar-refractivity contribution < 1.29 is 4.39 Å². The van der Waals surface area contributed by atoms with Crippen LogP contribution in [0, 0.1) is 17.7 Å². The van der Waals surface area contributed by atoms with Crippen molar-refractivity contribution in [2.24, 2.45) is 0 Å². The Balaban J connectivity index is 2.64. The van der Waals surface area contributed by atoms with Crippen molar-refractivity contribution in [3.63, 3.8) is 0 Å². The van der Waals surface area contributed by atoms with Crippen molar-refractivity contribution in [2.75, 3.05) is 0 Å². The van der Waals surface area contributed by atoms with E-state index in [1.54, 1.807) is 6.92 Å². The van der Waals surface area contributed by atoms with Crippen molar-refractivity contribution in [1.29, 1.82) is 0 Å². The van der Waals surface area contributed by atoms with E-state index in [9.17, 15) is 4.39 Å². The lowest BCUT2D eigenvalue weighted by atomic mass is 10.6. The molecule has 0 N–H and O–H groups in total. The Kier molecular flexibility index (Phi) is 2.06. The largest absolute Gasteiger partial charge is 0.258 e. The second-order valence-electron chi connectivity index (χ2n) is 1.78. The number of halogens is 1. The third-order valence-corrected chi connectivity index (χ3v) is 1.02. The summed E-state index contributed by atoms with van der Waals surface area (Å²) in [5.41, 5.74) is 0. The molecule has 3 heteroatoms. The third-order valence-electron chi connectivity index (χ3n) is 1.02. The summed E-state index contributed by atoms with van der Waals surface area (Å²) < 4.78 is 13.7.